The number of nitrogens with one attached hydrogen (secondary N) is 1. The number of amides is 1. The van der Waals surface area contributed by atoms with E-state index in [-0.39, 0.29) is 18.4 Å². The molecular formula is C15H22N2O3. The van der Waals surface area contributed by atoms with Gasteiger partial charge in [-0.25, -0.2) is 0 Å². The van der Waals surface area contributed by atoms with E-state index in [1.807, 2.05) is 6.07 Å². The van der Waals surface area contributed by atoms with E-state index in [4.69, 9.17) is 10.5 Å². The van der Waals surface area contributed by atoms with Crippen molar-refractivity contribution in [2.45, 2.75) is 44.2 Å². The first-order valence-corrected chi connectivity index (χ1v) is 7.11. The maximum absolute atomic E-state index is 11.8. The number of carbonyl (C=O) groups excluding carboxylic acids is 1. The van der Waals surface area contributed by atoms with Crippen molar-refractivity contribution in [3.05, 3.63) is 24.3 Å². The lowest BCUT2D eigenvalue weighted by molar-refractivity contribution is -0.123. The molecule has 5 nitrogen and oxygen atoms in total. The van der Waals surface area contributed by atoms with Gasteiger partial charge < -0.3 is 20.9 Å². The summed E-state index contributed by atoms with van der Waals surface area (Å²) >= 11 is 0. The van der Waals surface area contributed by atoms with Crippen LogP contribution < -0.4 is 15.8 Å². The number of nitrogens with two attached hydrogens (primary N) is 1. The fourth-order valence-corrected chi connectivity index (χ4v) is 2.42. The summed E-state index contributed by atoms with van der Waals surface area (Å²) in [6.07, 6.45) is 3.57. The van der Waals surface area contributed by atoms with Gasteiger partial charge in [0.05, 0.1) is 25.2 Å². The number of hydrogen-bond acceptors (Lipinski definition) is 4. The third kappa shape index (κ3) is 4.42. The maximum Gasteiger partial charge on any atom is 0.223 e. The van der Waals surface area contributed by atoms with Crippen molar-refractivity contribution in [2.24, 2.45) is 0 Å². The lowest BCUT2D eigenvalue weighted by atomic mass is 9.92. The Morgan fingerprint density at radius 1 is 1.40 bits per heavy atom. The average molecular weight is 278 g/mol. The van der Waals surface area contributed by atoms with Gasteiger partial charge in [-0.15, -0.1) is 0 Å². The largest absolute Gasteiger partial charge is 0.493 e. The smallest absolute Gasteiger partial charge is 0.223 e. The van der Waals surface area contributed by atoms with Crippen molar-refractivity contribution in [1.82, 2.24) is 5.32 Å². The second kappa shape index (κ2) is 7.14. The first kappa shape index (κ1) is 14.7. The molecule has 2 rings (SSSR count). The zero-order valence-electron chi connectivity index (χ0n) is 11.5. The van der Waals surface area contributed by atoms with Gasteiger partial charge in [-0.05, 0) is 25.0 Å². The van der Waals surface area contributed by atoms with Gasteiger partial charge >= 0.3 is 0 Å². The summed E-state index contributed by atoms with van der Waals surface area (Å²) in [4.78, 5) is 11.8. The molecule has 1 amide bonds. The van der Waals surface area contributed by atoms with E-state index in [9.17, 15) is 9.90 Å². The molecule has 0 spiro atoms. The highest BCUT2D eigenvalue weighted by atomic mass is 16.5. The topological polar surface area (TPSA) is 84.6 Å². The summed E-state index contributed by atoms with van der Waals surface area (Å²) in [5.74, 6) is 0.579. The predicted octanol–water partition coefficient (Wildman–Crippen LogP) is 1.46. The first-order chi connectivity index (χ1) is 9.65. The average Bonchev–Trinajstić information content (AvgIpc) is 2.41. The van der Waals surface area contributed by atoms with Crippen LogP contribution >= 0.6 is 0 Å². The van der Waals surface area contributed by atoms with E-state index >= 15 is 0 Å². The van der Waals surface area contributed by atoms with Gasteiger partial charge in [-0.3, -0.25) is 4.79 Å². The molecule has 2 atom stereocenters. The molecule has 20 heavy (non-hydrogen) atoms. The fraction of sp³-hybridized carbons (Fsp3) is 0.533. The van der Waals surface area contributed by atoms with Gasteiger partial charge in [-0.1, -0.05) is 18.9 Å². The highest BCUT2D eigenvalue weighted by Crippen LogP contribution is 2.18. The Balaban J connectivity index is 1.70. The van der Waals surface area contributed by atoms with E-state index in [2.05, 4.69) is 5.32 Å². The second-order valence-corrected chi connectivity index (χ2v) is 5.20. The predicted molar refractivity (Wildman–Crippen MR) is 77.4 cm³/mol. The van der Waals surface area contributed by atoms with Crippen molar-refractivity contribution in [2.75, 3.05) is 12.3 Å². The molecule has 0 aliphatic heterocycles. The number of nitrogen functional groups attached to an aromatic ring is 1. The summed E-state index contributed by atoms with van der Waals surface area (Å²) in [5.41, 5.74) is 6.28. The number of carbonyl (C=O) groups is 1. The molecule has 0 heterocycles. The van der Waals surface area contributed by atoms with E-state index < -0.39 is 6.10 Å². The number of hydrogen-bond donors (Lipinski definition) is 3. The van der Waals surface area contributed by atoms with Crippen LogP contribution in [0.25, 0.3) is 0 Å². The van der Waals surface area contributed by atoms with Crippen LogP contribution in [0.4, 0.5) is 5.69 Å². The third-order valence-corrected chi connectivity index (χ3v) is 3.53. The molecule has 0 saturated heterocycles. The molecule has 4 N–H and O–H groups in total. The lowest BCUT2D eigenvalue weighted by Crippen LogP contribution is -2.45. The number of aliphatic hydroxyl groups excluding tert-OH is 1. The van der Waals surface area contributed by atoms with Crippen molar-refractivity contribution in [3.8, 4) is 5.75 Å². The molecule has 0 bridgehead atoms. The van der Waals surface area contributed by atoms with E-state index in [1.54, 1.807) is 18.2 Å². The summed E-state index contributed by atoms with van der Waals surface area (Å²) < 4.78 is 5.47. The van der Waals surface area contributed by atoms with Crippen molar-refractivity contribution in [1.29, 1.82) is 0 Å². The number of aliphatic hydroxyl groups is 1. The summed E-state index contributed by atoms with van der Waals surface area (Å²) in [7, 11) is 0. The quantitative estimate of drug-likeness (QED) is 0.712. The molecule has 1 aromatic carbocycles. The summed E-state index contributed by atoms with van der Waals surface area (Å²) in [6, 6.07) is 7.01. The third-order valence-electron chi connectivity index (χ3n) is 3.53. The van der Waals surface area contributed by atoms with E-state index in [0.717, 1.165) is 25.7 Å². The van der Waals surface area contributed by atoms with Gasteiger partial charge in [0.15, 0.2) is 0 Å². The monoisotopic (exact) mass is 278 g/mol. The second-order valence-electron chi connectivity index (χ2n) is 5.20. The number of ether oxygens (including phenoxy) is 1. The highest BCUT2D eigenvalue weighted by Gasteiger charge is 2.24. The molecule has 1 aliphatic rings. The molecule has 110 valence electrons. The Hall–Kier alpha value is -1.75. The molecule has 1 fully saturated rings. The summed E-state index contributed by atoms with van der Waals surface area (Å²) in [6.45, 7) is 0.304. The van der Waals surface area contributed by atoms with Gasteiger partial charge in [0.1, 0.15) is 5.75 Å². The first-order valence-electron chi connectivity index (χ1n) is 7.11. The SMILES string of the molecule is Nc1cccc(OCCC(=O)NC2CCCCC2O)c1. The van der Waals surface area contributed by atoms with Crippen LogP contribution in [0.2, 0.25) is 0 Å². The van der Waals surface area contributed by atoms with Crippen LogP contribution in [-0.2, 0) is 4.79 Å². The Labute approximate surface area is 119 Å². The zero-order valence-corrected chi connectivity index (χ0v) is 11.5. The Bertz CT molecular complexity index is 450. The van der Waals surface area contributed by atoms with E-state index in [0.29, 0.717) is 18.0 Å². The molecule has 1 aromatic rings. The maximum atomic E-state index is 11.8. The highest BCUT2D eigenvalue weighted by molar-refractivity contribution is 5.76. The lowest BCUT2D eigenvalue weighted by Gasteiger charge is -2.28. The van der Waals surface area contributed by atoms with Gasteiger partial charge in [0, 0.05) is 11.8 Å². The van der Waals surface area contributed by atoms with Crippen LogP contribution in [0.3, 0.4) is 0 Å². The van der Waals surface area contributed by atoms with Crippen molar-refractivity contribution in [3.63, 3.8) is 0 Å². The minimum absolute atomic E-state index is 0.0835. The van der Waals surface area contributed by atoms with Gasteiger partial charge in [-0.2, -0.15) is 0 Å². The molecule has 0 aromatic heterocycles. The van der Waals surface area contributed by atoms with Gasteiger partial charge in [0.25, 0.3) is 0 Å². The Morgan fingerprint density at radius 2 is 2.20 bits per heavy atom. The molecule has 1 aliphatic carbocycles. The summed E-state index contributed by atoms with van der Waals surface area (Å²) in [5, 5.41) is 12.7. The number of benzene rings is 1. The van der Waals surface area contributed by atoms with Crippen LogP contribution in [0.15, 0.2) is 24.3 Å². The standard InChI is InChI=1S/C15H22N2O3/c16-11-4-3-5-12(10-11)20-9-8-15(19)17-13-6-1-2-7-14(13)18/h3-5,10,13-14,18H,1-2,6-9,16H2,(H,17,19). The molecule has 5 heteroatoms. The van der Waals surface area contributed by atoms with Crippen molar-refractivity contribution < 1.29 is 14.6 Å². The number of rotatable bonds is 5. The van der Waals surface area contributed by atoms with E-state index in [1.165, 1.54) is 0 Å². The zero-order chi connectivity index (χ0) is 14.4. The number of anilines is 1. The van der Waals surface area contributed by atoms with Crippen LogP contribution in [0.5, 0.6) is 5.75 Å². The minimum atomic E-state index is -0.414. The minimum Gasteiger partial charge on any atom is -0.493 e. The molecule has 1 saturated carbocycles. The van der Waals surface area contributed by atoms with Crippen LogP contribution in [-0.4, -0.2) is 29.8 Å². The van der Waals surface area contributed by atoms with Crippen LogP contribution in [0, 0.1) is 0 Å². The Morgan fingerprint density at radius 3 is 2.95 bits per heavy atom. The van der Waals surface area contributed by atoms with Crippen molar-refractivity contribution >= 4 is 11.6 Å². The Kier molecular flexibility index (Phi) is 5.24. The van der Waals surface area contributed by atoms with Gasteiger partial charge in [0.2, 0.25) is 5.91 Å². The normalized spacial score (nSPS) is 22.2. The molecule has 2 unspecified atom stereocenters. The molecule has 0 radical (unpaired) electrons. The van der Waals surface area contributed by atoms with Crippen LogP contribution in [0.1, 0.15) is 32.1 Å². The molecular weight excluding hydrogens is 256 g/mol. The fourth-order valence-electron chi connectivity index (χ4n) is 2.42.